The molecule has 2 aliphatic rings. The molecule has 3 rings (SSSR count). The van der Waals surface area contributed by atoms with Crippen molar-refractivity contribution in [2.24, 2.45) is 5.92 Å². The topological polar surface area (TPSA) is 53.4 Å². The van der Waals surface area contributed by atoms with Crippen LogP contribution < -0.4 is 0 Å². The van der Waals surface area contributed by atoms with E-state index in [1.165, 1.54) is 19.3 Å². The zero-order valence-corrected chi connectivity index (χ0v) is 11.7. The predicted molar refractivity (Wildman–Crippen MR) is 76.2 cm³/mol. The Balaban J connectivity index is 1.82. The van der Waals surface area contributed by atoms with E-state index in [0.29, 0.717) is 18.5 Å². The maximum atomic E-state index is 11.6. The van der Waals surface area contributed by atoms with Crippen molar-refractivity contribution in [3.05, 3.63) is 30.1 Å². The van der Waals surface area contributed by atoms with Gasteiger partial charge in [0.1, 0.15) is 6.04 Å². The van der Waals surface area contributed by atoms with Crippen molar-refractivity contribution in [2.75, 3.05) is 0 Å². The van der Waals surface area contributed by atoms with Crippen LogP contribution in [0, 0.1) is 5.92 Å². The molecule has 1 saturated carbocycles. The normalized spacial score (nSPS) is 30.7. The zero-order valence-electron chi connectivity index (χ0n) is 11.7. The maximum absolute atomic E-state index is 11.6. The van der Waals surface area contributed by atoms with Gasteiger partial charge in [-0.15, -0.1) is 0 Å². The number of likely N-dealkylation sites (tertiary alicyclic amines) is 1. The monoisotopic (exact) mass is 274 g/mol. The molecular weight excluding hydrogens is 252 g/mol. The Hall–Kier alpha value is -1.42. The van der Waals surface area contributed by atoms with Crippen molar-refractivity contribution < 1.29 is 9.90 Å². The second kappa shape index (κ2) is 5.92. The number of carbonyl (C=O) groups is 1. The van der Waals surface area contributed by atoms with Gasteiger partial charge in [0.05, 0.1) is 0 Å². The second-order valence-corrected chi connectivity index (χ2v) is 6.08. The van der Waals surface area contributed by atoms with Crippen molar-refractivity contribution in [1.82, 2.24) is 9.88 Å². The van der Waals surface area contributed by atoms with E-state index in [9.17, 15) is 9.90 Å². The molecule has 3 atom stereocenters. The third-order valence-electron chi connectivity index (χ3n) is 4.88. The lowest BCUT2D eigenvalue weighted by Gasteiger charge is -2.47. The lowest BCUT2D eigenvalue weighted by Crippen LogP contribution is -2.54. The van der Waals surface area contributed by atoms with Gasteiger partial charge in [-0.2, -0.15) is 0 Å². The summed E-state index contributed by atoms with van der Waals surface area (Å²) < 4.78 is 0. The molecule has 0 bridgehead atoms. The fraction of sp³-hybridized carbons (Fsp3) is 0.625. The van der Waals surface area contributed by atoms with Gasteiger partial charge >= 0.3 is 5.97 Å². The van der Waals surface area contributed by atoms with Crippen LogP contribution in [0.5, 0.6) is 0 Å². The van der Waals surface area contributed by atoms with Gasteiger partial charge < -0.3 is 5.11 Å². The minimum atomic E-state index is -0.669. The molecule has 1 aliphatic carbocycles. The van der Waals surface area contributed by atoms with Crippen molar-refractivity contribution >= 4 is 5.97 Å². The Bertz CT molecular complexity index is 463. The maximum Gasteiger partial charge on any atom is 0.320 e. The molecule has 1 saturated heterocycles. The summed E-state index contributed by atoms with van der Waals surface area (Å²) in [6.45, 7) is 0.714. The number of nitrogens with zero attached hydrogens (tertiary/aromatic N) is 2. The van der Waals surface area contributed by atoms with E-state index in [2.05, 4.69) is 9.88 Å². The minimum Gasteiger partial charge on any atom is -0.480 e. The molecule has 1 aromatic heterocycles. The third-order valence-corrected chi connectivity index (χ3v) is 4.88. The number of rotatable bonds is 3. The Morgan fingerprint density at radius 1 is 1.30 bits per heavy atom. The highest BCUT2D eigenvalue weighted by atomic mass is 16.4. The fourth-order valence-electron chi connectivity index (χ4n) is 3.93. The van der Waals surface area contributed by atoms with Gasteiger partial charge in [0.2, 0.25) is 0 Å². The van der Waals surface area contributed by atoms with Crippen LogP contribution in [0.15, 0.2) is 24.5 Å². The molecule has 4 heteroatoms. The van der Waals surface area contributed by atoms with E-state index in [-0.39, 0.29) is 6.04 Å². The molecule has 2 heterocycles. The largest absolute Gasteiger partial charge is 0.480 e. The van der Waals surface area contributed by atoms with Crippen LogP contribution in [0.25, 0.3) is 0 Å². The molecule has 1 N–H and O–H groups in total. The second-order valence-electron chi connectivity index (χ2n) is 6.08. The molecule has 3 unspecified atom stereocenters. The van der Waals surface area contributed by atoms with Gasteiger partial charge in [0, 0.05) is 25.0 Å². The number of aromatic nitrogens is 1. The number of hydrogen-bond acceptors (Lipinski definition) is 3. The van der Waals surface area contributed by atoms with Gasteiger partial charge in [0.25, 0.3) is 0 Å². The Morgan fingerprint density at radius 3 is 2.90 bits per heavy atom. The number of carboxylic acid groups (broad SMARTS) is 1. The Labute approximate surface area is 119 Å². The van der Waals surface area contributed by atoms with E-state index in [1.807, 2.05) is 18.3 Å². The van der Waals surface area contributed by atoms with Crippen LogP contribution in [0.3, 0.4) is 0 Å². The highest BCUT2D eigenvalue weighted by Crippen LogP contribution is 2.38. The minimum absolute atomic E-state index is 0.324. The summed E-state index contributed by atoms with van der Waals surface area (Å²) in [6.07, 6.45) is 10.4. The number of pyridine rings is 1. The zero-order chi connectivity index (χ0) is 13.9. The highest BCUT2D eigenvalue weighted by Gasteiger charge is 2.41. The Kier molecular flexibility index (Phi) is 4.01. The first kappa shape index (κ1) is 13.6. The summed E-state index contributed by atoms with van der Waals surface area (Å²) in [6, 6.07) is 4.08. The summed E-state index contributed by atoms with van der Waals surface area (Å²) >= 11 is 0. The highest BCUT2D eigenvalue weighted by molar-refractivity contribution is 5.73. The number of aliphatic carboxylic acids is 1. The van der Waals surface area contributed by atoms with Crippen LogP contribution in [-0.2, 0) is 11.3 Å². The van der Waals surface area contributed by atoms with E-state index in [1.54, 1.807) is 6.20 Å². The quantitative estimate of drug-likeness (QED) is 0.920. The van der Waals surface area contributed by atoms with Crippen molar-refractivity contribution in [2.45, 2.75) is 57.2 Å². The molecular formula is C16H22N2O2. The average molecular weight is 274 g/mol. The first-order chi connectivity index (χ1) is 9.75. The molecule has 1 aliphatic heterocycles. The van der Waals surface area contributed by atoms with Gasteiger partial charge in [-0.25, -0.2) is 0 Å². The molecule has 0 aromatic carbocycles. The molecule has 0 amide bonds. The summed E-state index contributed by atoms with van der Waals surface area (Å²) in [5.74, 6) is 0.0222. The predicted octanol–water partition coefficient (Wildman–Crippen LogP) is 2.69. The van der Waals surface area contributed by atoms with E-state index < -0.39 is 5.97 Å². The SMILES string of the molecule is O=C(O)C1CCC2CCCCC2N1Cc1cccnc1. The summed E-state index contributed by atoms with van der Waals surface area (Å²) in [5, 5.41) is 9.52. The molecule has 0 spiro atoms. The number of fused-ring (bicyclic) bond motifs is 1. The van der Waals surface area contributed by atoms with E-state index >= 15 is 0 Å². The molecule has 108 valence electrons. The summed E-state index contributed by atoms with van der Waals surface area (Å²) in [5.41, 5.74) is 1.12. The van der Waals surface area contributed by atoms with Crippen LogP contribution >= 0.6 is 0 Å². The summed E-state index contributed by atoms with van der Waals surface area (Å²) in [7, 11) is 0. The van der Waals surface area contributed by atoms with Gasteiger partial charge in [0.15, 0.2) is 0 Å². The lowest BCUT2D eigenvalue weighted by molar-refractivity contribution is -0.148. The molecule has 1 aromatic rings. The number of piperidine rings is 1. The number of hydrogen-bond donors (Lipinski definition) is 1. The fourth-order valence-corrected chi connectivity index (χ4v) is 3.93. The number of carboxylic acids is 1. The average Bonchev–Trinajstić information content (AvgIpc) is 2.48. The van der Waals surface area contributed by atoms with Gasteiger partial charge in [-0.3, -0.25) is 14.7 Å². The summed E-state index contributed by atoms with van der Waals surface area (Å²) in [4.78, 5) is 18.0. The smallest absolute Gasteiger partial charge is 0.320 e. The van der Waals surface area contributed by atoms with Gasteiger partial charge in [-0.1, -0.05) is 18.9 Å². The third kappa shape index (κ3) is 2.70. The van der Waals surface area contributed by atoms with Crippen molar-refractivity contribution in [1.29, 1.82) is 0 Å². The standard InChI is InChI=1S/C16H22N2O2/c19-16(20)15-8-7-13-5-1-2-6-14(13)18(15)11-12-4-3-9-17-10-12/h3-4,9-10,13-15H,1-2,5-8,11H2,(H,19,20). The Morgan fingerprint density at radius 2 is 2.15 bits per heavy atom. The molecule has 0 radical (unpaired) electrons. The molecule has 2 fully saturated rings. The van der Waals surface area contributed by atoms with Gasteiger partial charge in [-0.05, 0) is 43.2 Å². The van der Waals surface area contributed by atoms with Crippen molar-refractivity contribution in [3.8, 4) is 0 Å². The van der Waals surface area contributed by atoms with E-state index in [4.69, 9.17) is 0 Å². The lowest BCUT2D eigenvalue weighted by atomic mass is 9.76. The van der Waals surface area contributed by atoms with Crippen LogP contribution in [0.2, 0.25) is 0 Å². The molecule has 4 nitrogen and oxygen atoms in total. The van der Waals surface area contributed by atoms with E-state index in [0.717, 1.165) is 24.8 Å². The van der Waals surface area contributed by atoms with Crippen LogP contribution in [-0.4, -0.2) is 33.0 Å². The van der Waals surface area contributed by atoms with Crippen molar-refractivity contribution in [3.63, 3.8) is 0 Å². The van der Waals surface area contributed by atoms with Crippen LogP contribution in [0.1, 0.15) is 44.1 Å². The first-order valence-corrected chi connectivity index (χ1v) is 7.63. The first-order valence-electron chi connectivity index (χ1n) is 7.63. The molecule has 20 heavy (non-hydrogen) atoms. The van der Waals surface area contributed by atoms with Crippen LogP contribution in [0.4, 0.5) is 0 Å².